The highest BCUT2D eigenvalue weighted by atomic mass is 15.2. The molecule has 0 fully saturated rings. The van der Waals surface area contributed by atoms with Crippen molar-refractivity contribution in [2.45, 2.75) is 13.3 Å². The highest BCUT2D eigenvalue weighted by Crippen LogP contribution is 2.17. The van der Waals surface area contributed by atoms with Crippen LogP contribution in [-0.4, -0.2) is 16.1 Å². The van der Waals surface area contributed by atoms with Crippen LogP contribution >= 0.6 is 0 Å². The SMILES string of the molecule is CC#CCCNc1nc2ccccc2n1C. The molecule has 1 N–H and O–H groups in total. The normalized spacial score (nSPS) is 9.88. The second-order valence-corrected chi connectivity index (χ2v) is 3.59. The average Bonchev–Trinajstić information content (AvgIpc) is 2.63. The minimum atomic E-state index is 0.831. The number of hydrogen-bond acceptors (Lipinski definition) is 2. The Kier molecular flexibility index (Phi) is 3.11. The Morgan fingerprint density at radius 1 is 1.38 bits per heavy atom. The Hall–Kier alpha value is -1.95. The lowest BCUT2D eigenvalue weighted by Crippen LogP contribution is -2.05. The lowest BCUT2D eigenvalue weighted by molar-refractivity contribution is 0.925. The third-order valence-electron chi connectivity index (χ3n) is 2.50. The highest BCUT2D eigenvalue weighted by molar-refractivity contribution is 5.78. The van der Waals surface area contributed by atoms with Crippen molar-refractivity contribution in [3.8, 4) is 11.8 Å². The Labute approximate surface area is 95.5 Å². The zero-order chi connectivity index (χ0) is 11.4. The molecule has 1 aromatic heterocycles. The number of anilines is 1. The molecule has 0 amide bonds. The summed E-state index contributed by atoms with van der Waals surface area (Å²) in [6.45, 7) is 2.69. The zero-order valence-electron chi connectivity index (χ0n) is 9.62. The van der Waals surface area contributed by atoms with Crippen molar-refractivity contribution in [1.29, 1.82) is 0 Å². The predicted octanol–water partition coefficient (Wildman–Crippen LogP) is 2.40. The molecule has 0 aliphatic carbocycles. The molecule has 82 valence electrons. The van der Waals surface area contributed by atoms with E-state index in [9.17, 15) is 0 Å². The number of fused-ring (bicyclic) bond motifs is 1. The number of aromatic nitrogens is 2. The maximum absolute atomic E-state index is 4.51. The molecule has 2 aromatic rings. The van der Waals surface area contributed by atoms with Gasteiger partial charge in [-0.3, -0.25) is 0 Å². The van der Waals surface area contributed by atoms with Gasteiger partial charge in [0.25, 0.3) is 0 Å². The zero-order valence-corrected chi connectivity index (χ0v) is 9.62. The fraction of sp³-hybridized carbons (Fsp3) is 0.308. The van der Waals surface area contributed by atoms with Crippen LogP contribution in [0, 0.1) is 11.8 Å². The van der Waals surface area contributed by atoms with Gasteiger partial charge in [0.1, 0.15) is 0 Å². The van der Waals surface area contributed by atoms with E-state index in [0.717, 1.165) is 29.9 Å². The van der Waals surface area contributed by atoms with Crippen molar-refractivity contribution in [2.24, 2.45) is 7.05 Å². The van der Waals surface area contributed by atoms with Gasteiger partial charge < -0.3 is 9.88 Å². The molecule has 3 heteroatoms. The smallest absolute Gasteiger partial charge is 0.203 e. The monoisotopic (exact) mass is 213 g/mol. The van der Waals surface area contributed by atoms with Crippen LogP contribution in [0.15, 0.2) is 24.3 Å². The molecule has 0 atom stereocenters. The summed E-state index contributed by atoms with van der Waals surface area (Å²) in [5, 5.41) is 3.29. The topological polar surface area (TPSA) is 29.9 Å². The number of nitrogens with zero attached hydrogens (tertiary/aromatic N) is 2. The molecular formula is C13H15N3. The van der Waals surface area contributed by atoms with E-state index in [0.29, 0.717) is 0 Å². The van der Waals surface area contributed by atoms with Crippen molar-refractivity contribution in [1.82, 2.24) is 9.55 Å². The molecule has 0 unspecified atom stereocenters. The summed E-state index contributed by atoms with van der Waals surface area (Å²) in [6, 6.07) is 8.11. The first kappa shape index (κ1) is 10.6. The fourth-order valence-electron chi connectivity index (χ4n) is 1.67. The van der Waals surface area contributed by atoms with Crippen molar-refractivity contribution in [3.63, 3.8) is 0 Å². The molecule has 0 aliphatic heterocycles. The van der Waals surface area contributed by atoms with Crippen LogP contribution in [0.5, 0.6) is 0 Å². The fourth-order valence-corrected chi connectivity index (χ4v) is 1.67. The van der Waals surface area contributed by atoms with Crippen LogP contribution in [0.25, 0.3) is 11.0 Å². The molecular weight excluding hydrogens is 198 g/mol. The van der Waals surface area contributed by atoms with E-state index in [4.69, 9.17) is 0 Å². The molecule has 0 saturated carbocycles. The van der Waals surface area contributed by atoms with Crippen LogP contribution < -0.4 is 5.32 Å². The molecule has 0 spiro atoms. The number of nitrogens with one attached hydrogen (secondary N) is 1. The lowest BCUT2D eigenvalue weighted by Gasteiger charge is -2.03. The van der Waals surface area contributed by atoms with Gasteiger partial charge in [0.05, 0.1) is 11.0 Å². The number of para-hydroxylation sites is 2. The van der Waals surface area contributed by atoms with Crippen LogP contribution in [0.4, 0.5) is 5.95 Å². The summed E-state index contributed by atoms with van der Waals surface area (Å²) in [5.74, 6) is 6.80. The third kappa shape index (κ3) is 2.01. The van der Waals surface area contributed by atoms with E-state index in [-0.39, 0.29) is 0 Å². The number of hydrogen-bond donors (Lipinski definition) is 1. The first-order valence-corrected chi connectivity index (χ1v) is 5.38. The summed E-state index contributed by atoms with van der Waals surface area (Å²) in [5.41, 5.74) is 2.17. The quantitative estimate of drug-likeness (QED) is 0.626. The Bertz CT molecular complexity index is 543. The Balaban J connectivity index is 2.17. The van der Waals surface area contributed by atoms with Crippen LogP contribution in [0.1, 0.15) is 13.3 Å². The van der Waals surface area contributed by atoms with E-state index in [1.165, 1.54) is 0 Å². The molecule has 3 nitrogen and oxygen atoms in total. The summed E-state index contributed by atoms with van der Waals surface area (Å²) in [4.78, 5) is 4.51. The molecule has 1 aromatic carbocycles. The number of aryl methyl sites for hydroxylation is 1. The second kappa shape index (κ2) is 4.71. The minimum Gasteiger partial charge on any atom is -0.355 e. The number of rotatable bonds is 3. The summed E-state index contributed by atoms with van der Waals surface area (Å²) < 4.78 is 2.06. The lowest BCUT2D eigenvalue weighted by atomic mass is 10.3. The highest BCUT2D eigenvalue weighted by Gasteiger charge is 2.04. The number of benzene rings is 1. The molecule has 0 bridgehead atoms. The maximum Gasteiger partial charge on any atom is 0.203 e. The van der Waals surface area contributed by atoms with Gasteiger partial charge in [0.2, 0.25) is 5.95 Å². The van der Waals surface area contributed by atoms with Gasteiger partial charge in [0.15, 0.2) is 0 Å². The van der Waals surface area contributed by atoms with E-state index in [1.807, 2.05) is 32.2 Å². The van der Waals surface area contributed by atoms with Crippen molar-refractivity contribution in [2.75, 3.05) is 11.9 Å². The van der Waals surface area contributed by atoms with E-state index in [2.05, 4.69) is 32.8 Å². The van der Waals surface area contributed by atoms with E-state index in [1.54, 1.807) is 0 Å². The second-order valence-electron chi connectivity index (χ2n) is 3.59. The van der Waals surface area contributed by atoms with Gasteiger partial charge in [-0.1, -0.05) is 12.1 Å². The van der Waals surface area contributed by atoms with Crippen molar-refractivity contribution in [3.05, 3.63) is 24.3 Å². The standard InChI is InChI=1S/C13H15N3/c1-3-4-7-10-14-13-15-11-8-5-6-9-12(11)16(13)2/h5-6,8-9H,7,10H2,1-2H3,(H,14,15). The third-order valence-corrected chi connectivity index (χ3v) is 2.50. The van der Waals surface area contributed by atoms with Gasteiger partial charge in [-0.25, -0.2) is 4.98 Å². The van der Waals surface area contributed by atoms with Crippen LogP contribution in [0.2, 0.25) is 0 Å². The van der Waals surface area contributed by atoms with Gasteiger partial charge in [-0.2, -0.15) is 0 Å². The molecule has 16 heavy (non-hydrogen) atoms. The van der Waals surface area contributed by atoms with Crippen LogP contribution in [0.3, 0.4) is 0 Å². The largest absolute Gasteiger partial charge is 0.355 e. The molecule has 2 rings (SSSR count). The van der Waals surface area contributed by atoms with E-state index >= 15 is 0 Å². The predicted molar refractivity (Wildman–Crippen MR) is 67.3 cm³/mol. The van der Waals surface area contributed by atoms with E-state index < -0.39 is 0 Å². The van der Waals surface area contributed by atoms with Crippen molar-refractivity contribution >= 4 is 17.0 Å². The summed E-state index contributed by atoms with van der Waals surface area (Å²) in [6.07, 6.45) is 0.847. The molecule has 0 saturated heterocycles. The maximum atomic E-state index is 4.51. The summed E-state index contributed by atoms with van der Waals surface area (Å²) in [7, 11) is 2.02. The first-order chi connectivity index (χ1) is 7.83. The Morgan fingerprint density at radius 3 is 2.94 bits per heavy atom. The molecule has 0 aliphatic rings. The van der Waals surface area contributed by atoms with Crippen LogP contribution in [-0.2, 0) is 7.05 Å². The first-order valence-electron chi connectivity index (χ1n) is 5.38. The average molecular weight is 213 g/mol. The van der Waals surface area contributed by atoms with Gasteiger partial charge in [0, 0.05) is 20.0 Å². The van der Waals surface area contributed by atoms with Gasteiger partial charge >= 0.3 is 0 Å². The molecule has 1 heterocycles. The minimum absolute atomic E-state index is 0.831. The van der Waals surface area contributed by atoms with Crippen molar-refractivity contribution < 1.29 is 0 Å². The number of imidazole rings is 1. The Morgan fingerprint density at radius 2 is 2.19 bits per heavy atom. The summed E-state index contributed by atoms with van der Waals surface area (Å²) >= 11 is 0. The van der Waals surface area contributed by atoms with Gasteiger partial charge in [-0.15, -0.1) is 11.8 Å². The van der Waals surface area contributed by atoms with Gasteiger partial charge in [-0.05, 0) is 19.1 Å². The molecule has 0 radical (unpaired) electrons.